The zero-order valence-corrected chi connectivity index (χ0v) is 18.1. The number of hydrogen-bond donors (Lipinski definition) is 1. The first-order valence-corrected chi connectivity index (χ1v) is 10.6. The number of nitrogens with one attached hydrogen (secondary N) is 1. The third-order valence-corrected chi connectivity index (χ3v) is 5.19. The van der Waals surface area contributed by atoms with E-state index in [0.29, 0.717) is 29.6 Å². The van der Waals surface area contributed by atoms with Crippen LogP contribution in [0.4, 0.5) is 10.1 Å². The van der Waals surface area contributed by atoms with Crippen LogP contribution in [0.25, 0.3) is 0 Å². The lowest BCUT2D eigenvalue weighted by Crippen LogP contribution is -2.22. The van der Waals surface area contributed by atoms with Crippen LogP contribution in [0.2, 0.25) is 5.02 Å². The van der Waals surface area contributed by atoms with Gasteiger partial charge in [0, 0.05) is 23.8 Å². The van der Waals surface area contributed by atoms with Gasteiger partial charge in [-0.1, -0.05) is 54.1 Å². The molecule has 3 aromatic carbocycles. The van der Waals surface area contributed by atoms with Gasteiger partial charge in [0.1, 0.15) is 11.6 Å². The number of carbonyl (C=O) groups excluding carboxylic acids is 1. The van der Waals surface area contributed by atoms with E-state index in [-0.39, 0.29) is 17.5 Å². The molecule has 162 valence electrons. The molecule has 1 heterocycles. The largest absolute Gasteiger partial charge is 0.455 e. The zero-order valence-electron chi connectivity index (χ0n) is 17.3. The van der Waals surface area contributed by atoms with Gasteiger partial charge in [-0.05, 0) is 59.7 Å². The average Bonchev–Trinajstić information content (AvgIpc) is 3.26. The summed E-state index contributed by atoms with van der Waals surface area (Å²) in [6.07, 6.45) is 0. The number of hydrogen-bond acceptors (Lipinski definition) is 3. The van der Waals surface area contributed by atoms with Gasteiger partial charge in [0.2, 0.25) is 0 Å². The molecule has 0 spiro atoms. The molecular formula is C26H22ClFN2O2. The normalized spacial score (nSPS) is 11.0. The molecule has 6 heteroatoms. The summed E-state index contributed by atoms with van der Waals surface area (Å²) in [6.45, 7) is 1.95. The van der Waals surface area contributed by atoms with Crippen LogP contribution in [0.15, 0.2) is 95.4 Å². The minimum atomic E-state index is -0.379. The fraction of sp³-hybridized carbons (Fsp3) is 0.115. The summed E-state index contributed by atoms with van der Waals surface area (Å²) in [5.74, 6) is 0.146. The van der Waals surface area contributed by atoms with Crippen molar-refractivity contribution in [2.75, 3.05) is 5.32 Å². The highest BCUT2D eigenvalue weighted by molar-refractivity contribution is 6.30. The Kier molecular flexibility index (Phi) is 7.00. The smallest absolute Gasteiger partial charge is 0.291 e. The Bertz CT molecular complexity index is 1160. The number of benzene rings is 3. The third-order valence-electron chi connectivity index (χ3n) is 4.94. The van der Waals surface area contributed by atoms with Crippen LogP contribution in [0.1, 0.15) is 27.4 Å². The highest BCUT2D eigenvalue weighted by Crippen LogP contribution is 2.19. The molecule has 0 bridgehead atoms. The van der Waals surface area contributed by atoms with Gasteiger partial charge >= 0.3 is 0 Å². The zero-order chi connectivity index (χ0) is 22.3. The van der Waals surface area contributed by atoms with Crippen molar-refractivity contribution in [3.05, 3.63) is 124 Å². The summed E-state index contributed by atoms with van der Waals surface area (Å²) in [5.41, 5.74) is 2.82. The van der Waals surface area contributed by atoms with Crippen molar-refractivity contribution < 1.29 is 13.6 Å². The minimum Gasteiger partial charge on any atom is -0.455 e. The van der Waals surface area contributed by atoms with Gasteiger partial charge in [0.25, 0.3) is 5.91 Å². The van der Waals surface area contributed by atoms with E-state index in [0.717, 1.165) is 12.1 Å². The van der Waals surface area contributed by atoms with E-state index < -0.39 is 0 Å². The molecule has 0 unspecified atom stereocenters. The summed E-state index contributed by atoms with van der Waals surface area (Å²) in [4.78, 5) is 14.7. The number of carbonyl (C=O) groups is 1. The Morgan fingerprint density at radius 1 is 0.812 bits per heavy atom. The summed E-state index contributed by atoms with van der Waals surface area (Å²) in [5, 5.41) is 3.41. The molecule has 0 atom stereocenters. The molecule has 0 fully saturated rings. The number of furan rings is 1. The fourth-order valence-electron chi connectivity index (χ4n) is 3.39. The van der Waals surface area contributed by atoms with E-state index in [1.54, 1.807) is 12.1 Å². The van der Waals surface area contributed by atoms with E-state index in [4.69, 9.17) is 16.0 Å². The van der Waals surface area contributed by atoms with Gasteiger partial charge in [0.15, 0.2) is 5.76 Å². The van der Waals surface area contributed by atoms with Crippen molar-refractivity contribution in [1.82, 2.24) is 4.90 Å². The van der Waals surface area contributed by atoms with Crippen LogP contribution in [0, 0.1) is 5.82 Å². The number of amides is 1. The van der Waals surface area contributed by atoms with Crippen molar-refractivity contribution in [2.24, 2.45) is 0 Å². The first-order valence-electron chi connectivity index (χ1n) is 10.2. The van der Waals surface area contributed by atoms with Gasteiger partial charge in [0.05, 0.1) is 6.54 Å². The number of rotatable bonds is 8. The predicted octanol–water partition coefficient (Wildman–Crippen LogP) is 6.53. The van der Waals surface area contributed by atoms with Crippen molar-refractivity contribution in [3.63, 3.8) is 0 Å². The molecule has 4 rings (SSSR count). The Hall–Kier alpha value is -3.41. The van der Waals surface area contributed by atoms with Crippen molar-refractivity contribution in [3.8, 4) is 0 Å². The lowest BCUT2D eigenvalue weighted by Gasteiger charge is -2.21. The molecule has 1 amide bonds. The lowest BCUT2D eigenvalue weighted by molar-refractivity contribution is 0.0992. The molecule has 1 N–H and O–H groups in total. The standard InChI is InChI=1S/C26H22ClFN2O2/c27-21-8-6-20(7-9-21)17-30(16-19-4-2-1-3-5-19)18-24-14-15-25(32-24)26(31)29-23-12-10-22(28)11-13-23/h1-15H,16-18H2,(H,29,31). The van der Waals surface area contributed by atoms with Crippen LogP contribution in [0.5, 0.6) is 0 Å². The molecule has 4 aromatic rings. The second kappa shape index (κ2) is 10.3. The quantitative estimate of drug-likeness (QED) is 0.333. The highest BCUT2D eigenvalue weighted by atomic mass is 35.5. The molecule has 32 heavy (non-hydrogen) atoms. The Labute approximate surface area is 191 Å². The van der Waals surface area contributed by atoms with E-state index in [2.05, 4.69) is 22.3 Å². The van der Waals surface area contributed by atoms with E-state index >= 15 is 0 Å². The van der Waals surface area contributed by atoms with Gasteiger partial charge in [-0.2, -0.15) is 0 Å². The number of nitrogens with zero attached hydrogens (tertiary/aromatic N) is 1. The van der Waals surface area contributed by atoms with Gasteiger partial charge in [-0.25, -0.2) is 4.39 Å². The van der Waals surface area contributed by atoms with Crippen LogP contribution in [-0.4, -0.2) is 10.8 Å². The summed E-state index contributed by atoms with van der Waals surface area (Å²) >= 11 is 6.02. The molecule has 0 aliphatic heterocycles. The third kappa shape index (κ3) is 6.06. The topological polar surface area (TPSA) is 45.5 Å². The Morgan fingerprint density at radius 3 is 2.16 bits per heavy atom. The van der Waals surface area contributed by atoms with Crippen LogP contribution >= 0.6 is 11.6 Å². The molecule has 1 aromatic heterocycles. The average molecular weight is 449 g/mol. The van der Waals surface area contributed by atoms with Crippen LogP contribution in [0.3, 0.4) is 0 Å². The molecule has 0 aliphatic carbocycles. The maximum absolute atomic E-state index is 13.1. The second-order valence-corrected chi connectivity index (χ2v) is 7.92. The lowest BCUT2D eigenvalue weighted by atomic mass is 10.1. The van der Waals surface area contributed by atoms with Crippen molar-refractivity contribution in [1.29, 1.82) is 0 Å². The van der Waals surface area contributed by atoms with E-state index in [1.807, 2.05) is 42.5 Å². The minimum absolute atomic E-state index is 0.204. The molecular weight excluding hydrogens is 427 g/mol. The monoisotopic (exact) mass is 448 g/mol. The maximum Gasteiger partial charge on any atom is 0.291 e. The van der Waals surface area contributed by atoms with Gasteiger partial charge < -0.3 is 9.73 Å². The summed E-state index contributed by atoms with van der Waals surface area (Å²) in [7, 11) is 0. The van der Waals surface area contributed by atoms with Crippen molar-refractivity contribution in [2.45, 2.75) is 19.6 Å². The van der Waals surface area contributed by atoms with E-state index in [9.17, 15) is 9.18 Å². The second-order valence-electron chi connectivity index (χ2n) is 7.48. The molecule has 0 saturated carbocycles. The summed E-state index contributed by atoms with van der Waals surface area (Å²) < 4.78 is 18.9. The highest BCUT2D eigenvalue weighted by Gasteiger charge is 2.15. The Balaban J connectivity index is 1.46. The van der Waals surface area contributed by atoms with Gasteiger partial charge in [-0.3, -0.25) is 9.69 Å². The van der Waals surface area contributed by atoms with Crippen molar-refractivity contribution >= 4 is 23.2 Å². The molecule has 0 aliphatic rings. The van der Waals surface area contributed by atoms with Gasteiger partial charge in [-0.15, -0.1) is 0 Å². The molecule has 4 nitrogen and oxygen atoms in total. The molecule has 0 saturated heterocycles. The maximum atomic E-state index is 13.1. The Morgan fingerprint density at radius 2 is 1.47 bits per heavy atom. The molecule has 0 radical (unpaired) electrons. The first kappa shape index (κ1) is 21.8. The van der Waals surface area contributed by atoms with E-state index in [1.165, 1.54) is 29.8 Å². The first-order chi connectivity index (χ1) is 15.5. The SMILES string of the molecule is O=C(Nc1ccc(F)cc1)c1ccc(CN(Cc2ccccc2)Cc2ccc(Cl)cc2)o1. The number of halogens is 2. The fourth-order valence-corrected chi connectivity index (χ4v) is 3.51. The summed E-state index contributed by atoms with van der Waals surface area (Å²) in [6, 6.07) is 27.0. The predicted molar refractivity (Wildman–Crippen MR) is 124 cm³/mol. The van der Waals surface area contributed by atoms with Crippen LogP contribution in [-0.2, 0) is 19.6 Å². The number of anilines is 1. The van der Waals surface area contributed by atoms with Crippen LogP contribution < -0.4 is 5.32 Å².